The van der Waals surface area contributed by atoms with E-state index in [0.29, 0.717) is 18.8 Å². The molecule has 1 aliphatic rings. The molecule has 1 atom stereocenters. The van der Waals surface area contributed by atoms with Gasteiger partial charge in [0.25, 0.3) is 0 Å². The Bertz CT molecular complexity index is 430. The topological polar surface area (TPSA) is 15.3 Å². The van der Waals surface area contributed by atoms with E-state index in [1.165, 1.54) is 0 Å². The fourth-order valence-electron chi connectivity index (χ4n) is 2.31. The standard InChI is InChI=1S/C13H17ClF2N2/c1-3-13(2)8-18(5-4-17-13)12-10(14)6-9(15)7-11(12)16/h6-7,17H,3-5,8H2,1-2H3. The van der Waals surface area contributed by atoms with Crippen LogP contribution in [0.15, 0.2) is 12.1 Å². The molecular weight excluding hydrogens is 258 g/mol. The Hall–Kier alpha value is -0.870. The summed E-state index contributed by atoms with van der Waals surface area (Å²) in [7, 11) is 0. The van der Waals surface area contributed by atoms with Gasteiger partial charge in [0.15, 0.2) is 5.82 Å². The SMILES string of the molecule is CCC1(C)CN(c2c(F)cc(F)cc2Cl)CCN1. The Labute approximate surface area is 111 Å². The molecule has 0 aliphatic carbocycles. The molecule has 0 amide bonds. The number of benzene rings is 1. The lowest BCUT2D eigenvalue weighted by Gasteiger charge is -2.42. The number of halogens is 3. The molecule has 100 valence electrons. The first-order chi connectivity index (χ1) is 8.45. The normalized spacial score (nSPS) is 24.4. The first kappa shape index (κ1) is 13.6. The van der Waals surface area contributed by atoms with Gasteiger partial charge in [-0.2, -0.15) is 0 Å². The van der Waals surface area contributed by atoms with Crippen LogP contribution in [0.25, 0.3) is 0 Å². The lowest BCUT2D eigenvalue weighted by Crippen LogP contribution is -2.58. The summed E-state index contributed by atoms with van der Waals surface area (Å²) in [5.41, 5.74) is 0.238. The Morgan fingerprint density at radius 2 is 2.17 bits per heavy atom. The maximum atomic E-state index is 13.9. The largest absolute Gasteiger partial charge is 0.365 e. The van der Waals surface area contributed by atoms with Crippen LogP contribution in [0.4, 0.5) is 14.5 Å². The highest BCUT2D eigenvalue weighted by molar-refractivity contribution is 6.33. The van der Waals surface area contributed by atoms with Gasteiger partial charge in [0, 0.05) is 31.2 Å². The third kappa shape index (κ3) is 2.59. The predicted octanol–water partition coefficient (Wildman–Crippen LogP) is 3.20. The van der Waals surface area contributed by atoms with Gasteiger partial charge in [0.2, 0.25) is 0 Å². The number of nitrogens with one attached hydrogen (secondary N) is 1. The van der Waals surface area contributed by atoms with Gasteiger partial charge < -0.3 is 10.2 Å². The average molecular weight is 275 g/mol. The van der Waals surface area contributed by atoms with Crippen molar-refractivity contribution >= 4 is 17.3 Å². The quantitative estimate of drug-likeness (QED) is 0.891. The minimum Gasteiger partial charge on any atom is -0.365 e. The molecule has 1 fully saturated rings. The van der Waals surface area contributed by atoms with E-state index >= 15 is 0 Å². The van der Waals surface area contributed by atoms with Gasteiger partial charge in [-0.15, -0.1) is 0 Å². The highest BCUT2D eigenvalue weighted by Gasteiger charge is 2.31. The van der Waals surface area contributed by atoms with Crippen LogP contribution < -0.4 is 10.2 Å². The van der Waals surface area contributed by atoms with Crippen LogP contribution in [-0.4, -0.2) is 25.2 Å². The molecule has 0 saturated carbocycles. The molecule has 1 saturated heterocycles. The molecule has 1 aromatic rings. The van der Waals surface area contributed by atoms with Gasteiger partial charge in [-0.1, -0.05) is 18.5 Å². The van der Waals surface area contributed by atoms with Crippen LogP contribution in [0.5, 0.6) is 0 Å². The summed E-state index contributed by atoms with van der Waals surface area (Å²) in [6, 6.07) is 2.04. The molecule has 1 N–H and O–H groups in total. The molecule has 0 radical (unpaired) electrons. The summed E-state index contributed by atoms with van der Waals surface area (Å²) in [5, 5.41) is 3.55. The molecule has 2 rings (SSSR count). The minimum atomic E-state index is -0.644. The number of piperazine rings is 1. The van der Waals surface area contributed by atoms with Gasteiger partial charge in [0.05, 0.1) is 10.7 Å². The second-order valence-electron chi connectivity index (χ2n) is 4.98. The zero-order valence-corrected chi connectivity index (χ0v) is 11.3. The van der Waals surface area contributed by atoms with E-state index < -0.39 is 11.6 Å². The van der Waals surface area contributed by atoms with Crippen molar-refractivity contribution in [3.05, 3.63) is 28.8 Å². The smallest absolute Gasteiger partial charge is 0.150 e. The van der Waals surface area contributed by atoms with E-state index in [1.54, 1.807) is 0 Å². The van der Waals surface area contributed by atoms with E-state index in [9.17, 15) is 8.78 Å². The van der Waals surface area contributed by atoms with Crippen LogP contribution in [0.2, 0.25) is 5.02 Å². The van der Waals surface area contributed by atoms with Gasteiger partial charge in [0.1, 0.15) is 5.82 Å². The summed E-state index contributed by atoms with van der Waals surface area (Å²) in [4.78, 5) is 1.89. The molecular formula is C13H17ClF2N2. The van der Waals surface area contributed by atoms with Crippen LogP contribution in [-0.2, 0) is 0 Å². The van der Waals surface area contributed by atoms with Crippen molar-refractivity contribution in [2.75, 3.05) is 24.5 Å². The van der Waals surface area contributed by atoms with Gasteiger partial charge in [-0.3, -0.25) is 0 Å². The Balaban J connectivity index is 2.32. The highest BCUT2D eigenvalue weighted by Crippen LogP contribution is 2.32. The lowest BCUT2D eigenvalue weighted by atomic mass is 9.95. The monoisotopic (exact) mass is 274 g/mol. The molecule has 0 bridgehead atoms. The van der Waals surface area contributed by atoms with Crippen molar-refractivity contribution in [1.29, 1.82) is 0 Å². The average Bonchev–Trinajstić information content (AvgIpc) is 2.28. The van der Waals surface area contributed by atoms with Crippen molar-refractivity contribution in [2.45, 2.75) is 25.8 Å². The van der Waals surface area contributed by atoms with Crippen molar-refractivity contribution in [3.63, 3.8) is 0 Å². The molecule has 5 heteroatoms. The Morgan fingerprint density at radius 1 is 1.44 bits per heavy atom. The molecule has 18 heavy (non-hydrogen) atoms. The van der Waals surface area contributed by atoms with Crippen molar-refractivity contribution < 1.29 is 8.78 Å². The first-order valence-electron chi connectivity index (χ1n) is 6.10. The van der Waals surface area contributed by atoms with Gasteiger partial charge in [-0.25, -0.2) is 8.78 Å². The predicted molar refractivity (Wildman–Crippen MR) is 70.3 cm³/mol. The summed E-state index contributed by atoms with van der Waals surface area (Å²) in [6.07, 6.45) is 0.934. The van der Waals surface area contributed by atoms with E-state index in [1.807, 2.05) is 4.90 Å². The highest BCUT2D eigenvalue weighted by atomic mass is 35.5. The van der Waals surface area contributed by atoms with Crippen LogP contribution in [0.3, 0.4) is 0 Å². The third-order valence-electron chi connectivity index (χ3n) is 3.55. The molecule has 0 aromatic heterocycles. The van der Waals surface area contributed by atoms with Crippen LogP contribution in [0, 0.1) is 11.6 Å². The Kier molecular flexibility index (Phi) is 3.78. The van der Waals surface area contributed by atoms with Gasteiger partial charge >= 0.3 is 0 Å². The second-order valence-corrected chi connectivity index (χ2v) is 5.39. The maximum absolute atomic E-state index is 13.9. The van der Waals surface area contributed by atoms with E-state index in [0.717, 1.165) is 25.1 Å². The number of anilines is 1. The van der Waals surface area contributed by atoms with Crippen molar-refractivity contribution in [2.24, 2.45) is 0 Å². The minimum absolute atomic E-state index is 0.0671. The number of nitrogens with zero attached hydrogens (tertiary/aromatic N) is 1. The Morgan fingerprint density at radius 3 is 2.78 bits per heavy atom. The van der Waals surface area contributed by atoms with Crippen LogP contribution >= 0.6 is 11.6 Å². The fraction of sp³-hybridized carbons (Fsp3) is 0.538. The molecule has 1 aliphatic heterocycles. The summed E-state index contributed by atoms with van der Waals surface area (Å²) >= 11 is 5.96. The zero-order chi connectivity index (χ0) is 13.3. The van der Waals surface area contributed by atoms with E-state index in [4.69, 9.17) is 11.6 Å². The molecule has 1 unspecified atom stereocenters. The summed E-state index contributed by atoms with van der Waals surface area (Å²) < 4.78 is 26.9. The van der Waals surface area contributed by atoms with Crippen molar-refractivity contribution in [1.82, 2.24) is 5.32 Å². The second kappa shape index (κ2) is 5.02. The number of rotatable bonds is 2. The summed E-state index contributed by atoms with van der Waals surface area (Å²) in [5.74, 6) is -1.24. The number of hydrogen-bond acceptors (Lipinski definition) is 2. The molecule has 1 aromatic carbocycles. The van der Waals surface area contributed by atoms with Gasteiger partial charge in [-0.05, 0) is 19.4 Å². The van der Waals surface area contributed by atoms with E-state index in [-0.39, 0.29) is 10.6 Å². The zero-order valence-electron chi connectivity index (χ0n) is 10.6. The van der Waals surface area contributed by atoms with Crippen LogP contribution in [0.1, 0.15) is 20.3 Å². The maximum Gasteiger partial charge on any atom is 0.150 e. The third-order valence-corrected chi connectivity index (χ3v) is 3.84. The summed E-state index contributed by atoms with van der Waals surface area (Å²) in [6.45, 7) is 6.26. The molecule has 2 nitrogen and oxygen atoms in total. The lowest BCUT2D eigenvalue weighted by molar-refractivity contribution is 0.312. The number of hydrogen-bond donors (Lipinski definition) is 1. The van der Waals surface area contributed by atoms with E-state index in [2.05, 4.69) is 19.2 Å². The molecule has 1 heterocycles. The fourth-order valence-corrected chi connectivity index (χ4v) is 2.63. The van der Waals surface area contributed by atoms with Crippen molar-refractivity contribution in [3.8, 4) is 0 Å². The molecule has 0 spiro atoms. The first-order valence-corrected chi connectivity index (χ1v) is 6.47.